The van der Waals surface area contributed by atoms with Crippen LogP contribution in [0.15, 0.2) is 82.6 Å². The molecule has 0 aromatic heterocycles. The minimum absolute atomic E-state index is 0.104. The molecule has 1 aliphatic heterocycles. The molecule has 1 aliphatic rings. The van der Waals surface area contributed by atoms with Gasteiger partial charge in [0.1, 0.15) is 0 Å². The highest BCUT2D eigenvalue weighted by molar-refractivity contribution is 7.99. The van der Waals surface area contributed by atoms with Crippen molar-refractivity contribution in [3.63, 3.8) is 0 Å². The second-order valence-electron chi connectivity index (χ2n) is 6.40. The van der Waals surface area contributed by atoms with Crippen molar-refractivity contribution in [2.45, 2.75) is 15.9 Å². The number of benzene rings is 3. The van der Waals surface area contributed by atoms with E-state index in [1.54, 1.807) is 18.2 Å². The van der Waals surface area contributed by atoms with Gasteiger partial charge >= 0.3 is 0 Å². The van der Waals surface area contributed by atoms with E-state index in [9.17, 15) is 14.7 Å². The number of carbonyl (C=O) groups is 2. The SMILES string of the molecule is O=C(NCC(O)c1ccccc1)c1ccc2c(c1)NC(=O)c1ccccc1S2. The van der Waals surface area contributed by atoms with Crippen molar-refractivity contribution in [2.24, 2.45) is 0 Å². The van der Waals surface area contributed by atoms with Crippen molar-refractivity contribution < 1.29 is 14.7 Å². The maximum atomic E-state index is 12.5. The Balaban J connectivity index is 1.49. The summed E-state index contributed by atoms with van der Waals surface area (Å²) in [5, 5.41) is 15.8. The molecule has 0 aliphatic carbocycles. The molecule has 5 nitrogen and oxygen atoms in total. The Morgan fingerprint density at radius 2 is 1.75 bits per heavy atom. The summed E-state index contributed by atoms with van der Waals surface area (Å²) in [6, 6.07) is 21.8. The first-order valence-corrected chi connectivity index (χ1v) is 9.67. The monoisotopic (exact) mass is 390 g/mol. The number of rotatable bonds is 4. The van der Waals surface area contributed by atoms with Gasteiger partial charge < -0.3 is 15.7 Å². The molecule has 0 bridgehead atoms. The zero-order valence-corrected chi connectivity index (χ0v) is 15.7. The number of carbonyl (C=O) groups excluding carboxylic acids is 2. The van der Waals surface area contributed by atoms with Gasteiger partial charge in [0.25, 0.3) is 11.8 Å². The topological polar surface area (TPSA) is 78.4 Å². The van der Waals surface area contributed by atoms with E-state index < -0.39 is 6.10 Å². The molecule has 0 saturated heterocycles. The van der Waals surface area contributed by atoms with Gasteiger partial charge in [-0.05, 0) is 35.9 Å². The van der Waals surface area contributed by atoms with Gasteiger partial charge in [-0.1, -0.05) is 54.2 Å². The van der Waals surface area contributed by atoms with Gasteiger partial charge in [-0.2, -0.15) is 0 Å². The molecule has 0 radical (unpaired) electrons. The number of amides is 2. The third-order valence-corrected chi connectivity index (χ3v) is 5.63. The van der Waals surface area contributed by atoms with E-state index in [1.807, 2.05) is 54.6 Å². The average Bonchev–Trinajstić information content (AvgIpc) is 2.87. The fourth-order valence-corrected chi connectivity index (χ4v) is 4.00. The van der Waals surface area contributed by atoms with Crippen LogP contribution in [0.25, 0.3) is 0 Å². The third-order valence-electron chi connectivity index (χ3n) is 4.48. The van der Waals surface area contributed by atoms with Gasteiger partial charge in [-0.3, -0.25) is 9.59 Å². The molecule has 28 heavy (non-hydrogen) atoms. The molecule has 140 valence electrons. The molecule has 6 heteroatoms. The largest absolute Gasteiger partial charge is 0.387 e. The van der Waals surface area contributed by atoms with Crippen LogP contribution in [0.2, 0.25) is 0 Å². The Morgan fingerprint density at radius 1 is 1.00 bits per heavy atom. The third kappa shape index (κ3) is 3.78. The van der Waals surface area contributed by atoms with Gasteiger partial charge in [0.2, 0.25) is 0 Å². The molecule has 2 amide bonds. The molecule has 3 aromatic carbocycles. The molecule has 4 rings (SSSR count). The highest BCUT2D eigenvalue weighted by Crippen LogP contribution is 2.38. The first-order valence-electron chi connectivity index (χ1n) is 8.85. The molecule has 3 N–H and O–H groups in total. The highest BCUT2D eigenvalue weighted by Gasteiger charge is 2.21. The number of anilines is 1. The summed E-state index contributed by atoms with van der Waals surface area (Å²) in [4.78, 5) is 26.7. The second kappa shape index (κ2) is 7.88. The lowest BCUT2D eigenvalue weighted by molar-refractivity contribution is 0.0915. The Labute approximate surface area is 166 Å². The fourth-order valence-electron chi connectivity index (χ4n) is 2.99. The lowest BCUT2D eigenvalue weighted by atomic mass is 10.1. The number of nitrogens with one attached hydrogen (secondary N) is 2. The lowest BCUT2D eigenvalue weighted by Gasteiger charge is -2.13. The van der Waals surface area contributed by atoms with Crippen LogP contribution in [0.3, 0.4) is 0 Å². The first-order chi connectivity index (χ1) is 13.6. The Hall–Kier alpha value is -3.09. The van der Waals surface area contributed by atoms with E-state index in [2.05, 4.69) is 10.6 Å². The summed E-state index contributed by atoms with van der Waals surface area (Å²) in [6.07, 6.45) is -0.782. The van der Waals surface area contributed by atoms with E-state index in [-0.39, 0.29) is 18.4 Å². The second-order valence-corrected chi connectivity index (χ2v) is 7.48. The standard InChI is InChI=1S/C22H18N2O3S/c25-18(14-6-2-1-3-7-14)13-23-21(26)15-10-11-20-17(12-15)24-22(27)16-8-4-5-9-19(16)28-20/h1-12,18,25H,13H2,(H,23,26)(H,24,27). The van der Waals surface area contributed by atoms with Crippen LogP contribution >= 0.6 is 11.8 Å². The summed E-state index contributed by atoms with van der Waals surface area (Å²) < 4.78 is 0. The van der Waals surface area contributed by atoms with Crippen molar-refractivity contribution in [3.05, 3.63) is 89.5 Å². The van der Waals surface area contributed by atoms with E-state index in [0.29, 0.717) is 16.8 Å². The van der Waals surface area contributed by atoms with Crippen LogP contribution in [0.4, 0.5) is 5.69 Å². The maximum Gasteiger partial charge on any atom is 0.256 e. The van der Waals surface area contributed by atoms with E-state index in [1.165, 1.54) is 11.8 Å². The molecular weight excluding hydrogens is 372 g/mol. The van der Waals surface area contributed by atoms with Crippen LogP contribution in [0.1, 0.15) is 32.4 Å². The van der Waals surface area contributed by atoms with Crippen molar-refractivity contribution >= 4 is 29.3 Å². The average molecular weight is 390 g/mol. The summed E-state index contributed by atoms with van der Waals surface area (Å²) in [7, 11) is 0. The first kappa shape index (κ1) is 18.3. The van der Waals surface area contributed by atoms with Gasteiger partial charge in [0.15, 0.2) is 0 Å². The zero-order chi connectivity index (χ0) is 19.5. The van der Waals surface area contributed by atoms with Crippen LogP contribution in [0.5, 0.6) is 0 Å². The quantitative estimate of drug-likeness (QED) is 0.632. The van der Waals surface area contributed by atoms with Crippen molar-refractivity contribution in [1.29, 1.82) is 0 Å². The number of hydrogen-bond donors (Lipinski definition) is 3. The summed E-state index contributed by atoms with van der Waals surface area (Å²) in [5.74, 6) is -0.502. The van der Waals surface area contributed by atoms with Crippen LogP contribution < -0.4 is 10.6 Å². The molecule has 3 aromatic rings. The van der Waals surface area contributed by atoms with Gasteiger partial charge in [-0.15, -0.1) is 0 Å². The summed E-state index contributed by atoms with van der Waals surface area (Å²) in [6.45, 7) is 0.104. The zero-order valence-electron chi connectivity index (χ0n) is 14.9. The van der Waals surface area contributed by atoms with Crippen molar-refractivity contribution in [1.82, 2.24) is 5.32 Å². The lowest BCUT2D eigenvalue weighted by Crippen LogP contribution is -2.28. The number of aliphatic hydroxyl groups is 1. The van der Waals surface area contributed by atoms with Gasteiger partial charge in [0.05, 0.1) is 17.4 Å². The number of fused-ring (bicyclic) bond motifs is 2. The van der Waals surface area contributed by atoms with Crippen LogP contribution in [0, 0.1) is 0 Å². The number of hydrogen-bond acceptors (Lipinski definition) is 4. The Morgan fingerprint density at radius 3 is 2.57 bits per heavy atom. The van der Waals surface area contributed by atoms with Crippen LogP contribution in [-0.2, 0) is 0 Å². The molecule has 1 heterocycles. The van der Waals surface area contributed by atoms with Gasteiger partial charge in [-0.25, -0.2) is 0 Å². The molecular formula is C22H18N2O3S. The fraction of sp³-hybridized carbons (Fsp3) is 0.0909. The van der Waals surface area contributed by atoms with E-state index in [4.69, 9.17) is 0 Å². The molecule has 0 spiro atoms. The maximum absolute atomic E-state index is 12.5. The smallest absolute Gasteiger partial charge is 0.256 e. The van der Waals surface area contributed by atoms with Crippen LogP contribution in [-0.4, -0.2) is 23.5 Å². The highest BCUT2D eigenvalue weighted by atomic mass is 32.2. The molecule has 0 saturated carbocycles. The van der Waals surface area contributed by atoms with Crippen molar-refractivity contribution in [2.75, 3.05) is 11.9 Å². The normalized spacial score (nSPS) is 13.5. The Bertz CT molecular complexity index is 1040. The van der Waals surface area contributed by atoms with E-state index in [0.717, 1.165) is 15.4 Å². The number of aliphatic hydroxyl groups excluding tert-OH is 1. The molecule has 0 fully saturated rings. The minimum Gasteiger partial charge on any atom is -0.387 e. The predicted octanol–water partition coefficient (Wildman–Crippen LogP) is 3.87. The van der Waals surface area contributed by atoms with Gasteiger partial charge in [0, 0.05) is 21.9 Å². The molecule has 1 atom stereocenters. The molecule has 1 unspecified atom stereocenters. The van der Waals surface area contributed by atoms with Crippen molar-refractivity contribution in [3.8, 4) is 0 Å². The predicted molar refractivity (Wildman–Crippen MR) is 109 cm³/mol. The summed E-state index contributed by atoms with van der Waals surface area (Å²) >= 11 is 1.49. The van der Waals surface area contributed by atoms with E-state index >= 15 is 0 Å². The Kier molecular flexibility index (Phi) is 5.14. The summed E-state index contributed by atoms with van der Waals surface area (Å²) in [5.41, 5.74) is 2.38. The minimum atomic E-state index is -0.782.